The van der Waals surface area contributed by atoms with Gasteiger partial charge in [0.25, 0.3) is 0 Å². The molecule has 2 heteroatoms. The Hall–Kier alpha value is -0.970. The summed E-state index contributed by atoms with van der Waals surface area (Å²) >= 11 is 5.85. The average Bonchev–Trinajstić information content (AvgIpc) is 2.09. The average molecular weight is 194 g/mol. The van der Waals surface area contributed by atoms with Crippen molar-refractivity contribution in [3.63, 3.8) is 0 Å². The molecular formula is C11H12ClN. The van der Waals surface area contributed by atoms with Crippen LogP contribution in [0.4, 0.5) is 0 Å². The van der Waals surface area contributed by atoms with E-state index in [-0.39, 0.29) is 6.04 Å². The van der Waals surface area contributed by atoms with Crippen molar-refractivity contribution in [3.8, 4) is 12.3 Å². The number of halogens is 1. The molecule has 0 aliphatic heterocycles. The van der Waals surface area contributed by atoms with Crippen molar-refractivity contribution in [3.05, 3.63) is 34.3 Å². The highest BCUT2D eigenvalue weighted by molar-refractivity contribution is 6.30. The quantitative estimate of drug-likeness (QED) is 0.719. The molecule has 2 N–H and O–H groups in total. The highest BCUT2D eigenvalue weighted by Gasteiger charge is 2.07. The molecule has 68 valence electrons. The molecule has 1 aromatic carbocycles. The van der Waals surface area contributed by atoms with Crippen molar-refractivity contribution in [2.45, 2.75) is 19.4 Å². The fraction of sp³-hybridized carbons (Fsp3) is 0.273. The Morgan fingerprint density at radius 2 is 2.31 bits per heavy atom. The van der Waals surface area contributed by atoms with Crippen molar-refractivity contribution in [1.29, 1.82) is 0 Å². The monoisotopic (exact) mass is 193 g/mol. The number of benzene rings is 1. The summed E-state index contributed by atoms with van der Waals surface area (Å²) in [4.78, 5) is 0. The summed E-state index contributed by atoms with van der Waals surface area (Å²) in [6.45, 7) is 2.00. The molecule has 13 heavy (non-hydrogen) atoms. The molecule has 0 bridgehead atoms. The minimum Gasteiger partial charge on any atom is -0.323 e. The molecule has 0 spiro atoms. The zero-order valence-electron chi connectivity index (χ0n) is 7.55. The zero-order valence-corrected chi connectivity index (χ0v) is 8.31. The van der Waals surface area contributed by atoms with Crippen LogP contribution in [0.25, 0.3) is 0 Å². The van der Waals surface area contributed by atoms with E-state index >= 15 is 0 Å². The maximum absolute atomic E-state index is 5.87. The van der Waals surface area contributed by atoms with Gasteiger partial charge in [0.05, 0.1) is 0 Å². The largest absolute Gasteiger partial charge is 0.323 e. The maximum Gasteiger partial charge on any atom is 0.0409 e. The maximum atomic E-state index is 5.87. The Kier molecular flexibility index (Phi) is 3.36. The molecule has 0 aromatic heterocycles. The second kappa shape index (κ2) is 4.32. The number of rotatable bonds is 2. The summed E-state index contributed by atoms with van der Waals surface area (Å²) in [5.74, 6) is 2.54. The number of hydrogen-bond donors (Lipinski definition) is 1. The van der Waals surface area contributed by atoms with E-state index in [1.165, 1.54) is 0 Å². The van der Waals surface area contributed by atoms with Gasteiger partial charge in [0, 0.05) is 17.5 Å². The van der Waals surface area contributed by atoms with Gasteiger partial charge in [-0.05, 0) is 30.2 Å². The van der Waals surface area contributed by atoms with E-state index in [1.807, 2.05) is 25.1 Å². The van der Waals surface area contributed by atoms with Crippen LogP contribution in [-0.2, 0) is 0 Å². The third-order valence-electron chi connectivity index (χ3n) is 1.98. The molecule has 1 unspecified atom stereocenters. The van der Waals surface area contributed by atoms with Crippen molar-refractivity contribution in [2.24, 2.45) is 5.73 Å². The molecule has 0 fully saturated rings. The standard InChI is InChI=1S/C11H12ClN/c1-3-4-11(13)10-7-9(12)6-5-8(10)2/h1,5-7,11H,4,13H2,2H3. The topological polar surface area (TPSA) is 26.0 Å². The third-order valence-corrected chi connectivity index (χ3v) is 2.21. The van der Waals surface area contributed by atoms with Crippen LogP contribution in [0, 0.1) is 19.3 Å². The molecule has 0 saturated carbocycles. The second-order valence-corrected chi connectivity index (χ2v) is 3.45. The Labute approximate surface area is 83.9 Å². The van der Waals surface area contributed by atoms with Gasteiger partial charge >= 0.3 is 0 Å². The van der Waals surface area contributed by atoms with E-state index in [4.69, 9.17) is 23.8 Å². The van der Waals surface area contributed by atoms with Crippen molar-refractivity contribution < 1.29 is 0 Å². The predicted molar refractivity (Wildman–Crippen MR) is 56.6 cm³/mol. The molecule has 1 rings (SSSR count). The summed E-state index contributed by atoms with van der Waals surface area (Å²) in [6, 6.07) is 5.57. The van der Waals surface area contributed by atoms with Gasteiger partial charge in [0.15, 0.2) is 0 Å². The first-order valence-electron chi connectivity index (χ1n) is 4.10. The normalized spacial score (nSPS) is 12.2. The van der Waals surface area contributed by atoms with E-state index in [9.17, 15) is 0 Å². The fourth-order valence-electron chi connectivity index (χ4n) is 1.25. The molecule has 1 nitrogen and oxygen atoms in total. The summed E-state index contributed by atoms with van der Waals surface area (Å²) in [6.07, 6.45) is 5.73. The van der Waals surface area contributed by atoms with Crippen LogP contribution in [0.5, 0.6) is 0 Å². The molecular weight excluding hydrogens is 182 g/mol. The lowest BCUT2D eigenvalue weighted by molar-refractivity contribution is 0.748. The predicted octanol–water partition coefficient (Wildman–Crippen LogP) is 2.67. The first-order chi connectivity index (χ1) is 6.15. The van der Waals surface area contributed by atoms with Gasteiger partial charge in [-0.1, -0.05) is 17.7 Å². The molecule has 0 aliphatic carbocycles. The van der Waals surface area contributed by atoms with Gasteiger partial charge in [-0.25, -0.2) is 0 Å². The van der Waals surface area contributed by atoms with Crippen LogP contribution in [0.1, 0.15) is 23.6 Å². The van der Waals surface area contributed by atoms with Gasteiger partial charge in [-0.2, -0.15) is 0 Å². The Morgan fingerprint density at radius 3 is 2.92 bits per heavy atom. The lowest BCUT2D eigenvalue weighted by Crippen LogP contribution is -2.10. The zero-order chi connectivity index (χ0) is 9.84. The minimum atomic E-state index is -0.108. The summed E-state index contributed by atoms with van der Waals surface area (Å²) < 4.78 is 0. The van der Waals surface area contributed by atoms with Crippen LogP contribution in [0.3, 0.4) is 0 Å². The van der Waals surface area contributed by atoms with Crippen LogP contribution in [0.15, 0.2) is 18.2 Å². The Bertz CT molecular complexity index is 338. The van der Waals surface area contributed by atoms with E-state index in [0.717, 1.165) is 11.1 Å². The Morgan fingerprint density at radius 1 is 1.62 bits per heavy atom. The minimum absolute atomic E-state index is 0.108. The lowest BCUT2D eigenvalue weighted by atomic mass is 10.00. The summed E-state index contributed by atoms with van der Waals surface area (Å²) in [5.41, 5.74) is 8.04. The molecule has 0 radical (unpaired) electrons. The SMILES string of the molecule is C#CCC(N)c1cc(Cl)ccc1C. The van der Waals surface area contributed by atoms with Crippen molar-refractivity contribution in [2.75, 3.05) is 0 Å². The van der Waals surface area contributed by atoms with Gasteiger partial charge in [0.2, 0.25) is 0 Å². The fourth-order valence-corrected chi connectivity index (χ4v) is 1.43. The Balaban J connectivity index is 3.00. The van der Waals surface area contributed by atoms with Crippen LogP contribution in [-0.4, -0.2) is 0 Å². The summed E-state index contributed by atoms with van der Waals surface area (Å²) in [5, 5.41) is 0.702. The molecule has 0 aliphatic rings. The number of nitrogens with two attached hydrogens (primary N) is 1. The molecule has 0 amide bonds. The number of hydrogen-bond acceptors (Lipinski definition) is 1. The number of aryl methyl sites for hydroxylation is 1. The van der Waals surface area contributed by atoms with Gasteiger partial charge in [0.1, 0.15) is 0 Å². The summed E-state index contributed by atoms with van der Waals surface area (Å²) in [7, 11) is 0. The van der Waals surface area contributed by atoms with Crippen molar-refractivity contribution >= 4 is 11.6 Å². The highest BCUT2D eigenvalue weighted by Crippen LogP contribution is 2.21. The van der Waals surface area contributed by atoms with Crippen LogP contribution >= 0.6 is 11.6 Å². The van der Waals surface area contributed by atoms with Crippen molar-refractivity contribution in [1.82, 2.24) is 0 Å². The highest BCUT2D eigenvalue weighted by atomic mass is 35.5. The van der Waals surface area contributed by atoms with E-state index < -0.39 is 0 Å². The van der Waals surface area contributed by atoms with Gasteiger partial charge < -0.3 is 5.73 Å². The van der Waals surface area contributed by atoms with Crippen LogP contribution in [0.2, 0.25) is 5.02 Å². The smallest absolute Gasteiger partial charge is 0.0409 e. The third kappa shape index (κ3) is 2.48. The molecule has 1 aromatic rings. The van der Waals surface area contributed by atoms with E-state index in [0.29, 0.717) is 11.4 Å². The van der Waals surface area contributed by atoms with E-state index in [1.54, 1.807) is 0 Å². The number of terminal acetylenes is 1. The second-order valence-electron chi connectivity index (χ2n) is 3.02. The molecule has 0 saturated heterocycles. The molecule has 0 heterocycles. The van der Waals surface area contributed by atoms with Gasteiger partial charge in [-0.15, -0.1) is 12.3 Å². The first kappa shape index (κ1) is 10.1. The van der Waals surface area contributed by atoms with Gasteiger partial charge in [-0.3, -0.25) is 0 Å². The molecule has 1 atom stereocenters. The van der Waals surface area contributed by atoms with Crippen LogP contribution < -0.4 is 5.73 Å². The first-order valence-corrected chi connectivity index (χ1v) is 4.48. The lowest BCUT2D eigenvalue weighted by Gasteiger charge is -2.11. The van der Waals surface area contributed by atoms with E-state index in [2.05, 4.69) is 5.92 Å².